The van der Waals surface area contributed by atoms with Crippen molar-refractivity contribution in [2.24, 2.45) is 0 Å². The van der Waals surface area contributed by atoms with Crippen LogP contribution in [-0.4, -0.2) is 18.7 Å². The Balaban J connectivity index is 0.00000576. The molecule has 0 spiro atoms. The average Bonchev–Trinajstić information content (AvgIpc) is 2.59. The summed E-state index contributed by atoms with van der Waals surface area (Å²) >= 11 is 0. The molecule has 0 bridgehead atoms. The molecule has 0 aliphatic heterocycles. The zero-order chi connectivity index (χ0) is 17.5. The molecule has 0 aliphatic rings. The quantitative estimate of drug-likeness (QED) is 0.225. The molecule has 0 atom stereocenters. The predicted octanol–water partition coefficient (Wildman–Crippen LogP) is 6.97. The van der Waals surface area contributed by atoms with Gasteiger partial charge in [0.1, 0.15) is 12.4 Å². The van der Waals surface area contributed by atoms with Crippen LogP contribution < -0.4 is 10.1 Å². The number of para-hydroxylation sites is 1. The number of hydrogen-bond donors (Lipinski definition) is 1. The maximum absolute atomic E-state index is 5.86. The number of hydrogen-bond acceptors (Lipinski definition) is 2. The Bertz CT molecular complexity index is 394. The highest BCUT2D eigenvalue weighted by molar-refractivity contribution is 14.0. The molecule has 1 rings (SSSR count). The zero-order valence-corrected chi connectivity index (χ0v) is 19.0. The van der Waals surface area contributed by atoms with E-state index in [1.807, 2.05) is 30.3 Å². The molecule has 0 amide bonds. The fourth-order valence-electron chi connectivity index (χ4n) is 2.87. The van der Waals surface area contributed by atoms with Crippen LogP contribution >= 0.6 is 24.0 Å². The van der Waals surface area contributed by atoms with Crippen molar-refractivity contribution in [1.29, 1.82) is 0 Å². The largest absolute Gasteiger partial charge is 0.492 e. The number of benzene rings is 1. The molecule has 0 saturated heterocycles. The van der Waals surface area contributed by atoms with Crippen molar-refractivity contribution < 1.29 is 4.74 Å². The molecular formula is C22H40INO. The van der Waals surface area contributed by atoms with Crippen molar-refractivity contribution in [3.05, 3.63) is 30.3 Å². The van der Waals surface area contributed by atoms with Crippen molar-refractivity contribution in [1.82, 2.24) is 5.32 Å². The lowest BCUT2D eigenvalue weighted by Gasteiger charge is -2.26. The number of nitrogens with one attached hydrogen (secondary N) is 1. The molecule has 25 heavy (non-hydrogen) atoms. The third kappa shape index (κ3) is 14.6. The number of halogens is 1. The minimum Gasteiger partial charge on any atom is -0.492 e. The maximum Gasteiger partial charge on any atom is 0.119 e. The SMILES string of the molecule is CCCCCCCCCCCCNC(C)(C)COc1ccccc1.I. The van der Waals surface area contributed by atoms with Gasteiger partial charge in [0.15, 0.2) is 0 Å². The predicted molar refractivity (Wildman–Crippen MR) is 121 cm³/mol. The first-order valence-corrected chi connectivity index (χ1v) is 10.1. The lowest BCUT2D eigenvalue weighted by Crippen LogP contribution is -2.45. The summed E-state index contributed by atoms with van der Waals surface area (Å²) in [4.78, 5) is 0. The van der Waals surface area contributed by atoms with Gasteiger partial charge in [-0.3, -0.25) is 0 Å². The molecule has 1 aromatic rings. The summed E-state index contributed by atoms with van der Waals surface area (Å²) in [6.45, 7) is 8.50. The van der Waals surface area contributed by atoms with Crippen LogP contribution in [0.2, 0.25) is 0 Å². The van der Waals surface area contributed by atoms with Gasteiger partial charge in [0.2, 0.25) is 0 Å². The second kappa shape index (κ2) is 15.9. The zero-order valence-electron chi connectivity index (χ0n) is 16.7. The number of unbranched alkanes of at least 4 members (excludes halogenated alkanes) is 9. The Morgan fingerprint density at radius 2 is 1.32 bits per heavy atom. The average molecular weight is 461 g/mol. The molecule has 0 radical (unpaired) electrons. The van der Waals surface area contributed by atoms with Crippen molar-refractivity contribution in [2.75, 3.05) is 13.2 Å². The molecule has 0 fully saturated rings. The first-order chi connectivity index (χ1) is 11.6. The molecule has 1 N–H and O–H groups in total. The van der Waals surface area contributed by atoms with Crippen LogP contribution in [0.4, 0.5) is 0 Å². The maximum atomic E-state index is 5.86. The molecule has 146 valence electrons. The summed E-state index contributed by atoms with van der Waals surface area (Å²) in [5.41, 5.74) is 0.0229. The van der Waals surface area contributed by atoms with E-state index in [4.69, 9.17) is 4.74 Å². The van der Waals surface area contributed by atoms with Crippen LogP contribution in [0.25, 0.3) is 0 Å². The smallest absolute Gasteiger partial charge is 0.119 e. The third-order valence-corrected chi connectivity index (χ3v) is 4.48. The van der Waals surface area contributed by atoms with Crippen molar-refractivity contribution in [3.63, 3.8) is 0 Å². The lowest BCUT2D eigenvalue weighted by molar-refractivity contribution is 0.208. The third-order valence-electron chi connectivity index (χ3n) is 4.48. The van der Waals surface area contributed by atoms with Crippen molar-refractivity contribution in [3.8, 4) is 5.75 Å². The first-order valence-electron chi connectivity index (χ1n) is 10.1. The van der Waals surface area contributed by atoms with Crippen molar-refractivity contribution in [2.45, 2.75) is 90.5 Å². The summed E-state index contributed by atoms with van der Waals surface area (Å²) in [5.74, 6) is 0.950. The minimum atomic E-state index is 0. The van der Waals surface area contributed by atoms with Gasteiger partial charge in [-0.05, 0) is 38.9 Å². The minimum absolute atomic E-state index is 0. The highest BCUT2D eigenvalue weighted by Crippen LogP contribution is 2.13. The Labute approximate surface area is 173 Å². The molecule has 0 aromatic heterocycles. The van der Waals surface area contributed by atoms with Gasteiger partial charge in [0.25, 0.3) is 0 Å². The molecule has 0 saturated carbocycles. The Kier molecular flexibility index (Phi) is 15.7. The summed E-state index contributed by atoms with van der Waals surface area (Å²) in [6, 6.07) is 10.1. The first kappa shape index (κ1) is 24.7. The van der Waals surface area contributed by atoms with E-state index in [0.717, 1.165) is 12.3 Å². The van der Waals surface area contributed by atoms with E-state index >= 15 is 0 Å². The van der Waals surface area contributed by atoms with Crippen LogP contribution in [0.15, 0.2) is 30.3 Å². The van der Waals surface area contributed by atoms with Gasteiger partial charge in [-0.1, -0.05) is 82.9 Å². The molecule has 0 heterocycles. The molecule has 2 nitrogen and oxygen atoms in total. The second-order valence-electron chi connectivity index (χ2n) is 7.59. The van der Waals surface area contributed by atoms with E-state index in [0.29, 0.717) is 6.61 Å². The van der Waals surface area contributed by atoms with E-state index in [9.17, 15) is 0 Å². The van der Waals surface area contributed by atoms with Gasteiger partial charge in [-0.15, -0.1) is 24.0 Å². The fraction of sp³-hybridized carbons (Fsp3) is 0.727. The van der Waals surface area contributed by atoms with E-state index in [2.05, 4.69) is 26.1 Å². The highest BCUT2D eigenvalue weighted by atomic mass is 127. The number of ether oxygens (including phenoxy) is 1. The van der Waals surface area contributed by atoms with E-state index in [1.54, 1.807) is 0 Å². The molecule has 0 aliphatic carbocycles. The normalized spacial score (nSPS) is 11.2. The summed E-state index contributed by atoms with van der Waals surface area (Å²) in [7, 11) is 0. The Hall–Kier alpha value is -0.290. The van der Waals surface area contributed by atoms with Gasteiger partial charge in [0, 0.05) is 5.54 Å². The van der Waals surface area contributed by atoms with E-state index < -0.39 is 0 Å². The highest BCUT2D eigenvalue weighted by Gasteiger charge is 2.17. The summed E-state index contributed by atoms with van der Waals surface area (Å²) < 4.78 is 5.86. The Morgan fingerprint density at radius 1 is 0.800 bits per heavy atom. The molecule has 0 unspecified atom stereocenters. The molecule has 3 heteroatoms. The summed E-state index contributed by atoms with van der Waals surface area (Å²) in [5, 5.41) is 3.63. The lowest BCUT2D eigenvalue weighted by atomic mass is 10.1. The van der Waals surface area contributed by atoms with Crippen LogP contribution in [0.5, 0.6) is 5.75 Å². The monoisotopic (exact) mass is 461 g/mol. The fourth-order valence-corrected chi connectivity index (χ4v) is 2.87. The Morgan fingerprint density at radius 3 is 1.88 bits per heavy atom. The molecule has 1 aromatic carbocycles. The van der Waals surface area contributed by atoms with E-state index in [-0.39, 0.29) is 29.5 Å². The van der Waals surface area contributed by atoms with Crippen molar-refractivity contribution >= 4 is 24.0 Å². The summed E-state index contributed by atoms with van der Waals surface area (Å²) in [6.07, 6.45) is 13.9. The van der Waals surface area contributed by atoms with Crippen LogP contribution in [-0.2, 0) is 0 Å². The number of rotatable bonds is 15. The van der Waals surface area contributed by atoms with Gasteiger partial charge in [-0.25, -0.2) is 0 Å². The van der Waals surface area contributed by atoms with Crippen LogP contribution in [0.1, 0.15) is 85.0 Å². The van der Waals surface area contributed by atoms with Crippen LogP contribution in [0, 0.1) is 0 Å². The molecular weight excluding hydrogens is 421 g/mol. The van der Waals surface area contributed by atoms with E-state index in [1.165, 1.54) is 64.2 Å². The van der Waals surface area contributed by atoms with Crippen LogP contribution in [0.3, 0.4) is 0 Å². The topological polar surface area (TPSA) is 21.3 Å². The van der Waals surface area contributed by atoms with Gasteiger partial charge in [0.05, 0.1) is 0 Å². The standard InChI is InChI=1S/C22H39NO.HI/c1-4-5-6-7-8-9-10-11-12-16-19-23-22(2,3)20-24-21-17-14-13-15-18-21;/h13-15,17-18,23H,4-12,16,19-20H2,1-3H3;1H. The van der Waals surface area contributed by atoms with Gasteiger partial charge < -0.3 is 10.1 Å². The second-order valence-corrected chi connectivity index (χ2v) is 7.59. The van der Waals surface area contributed by atoms with Gasteiger partial charge in [-0.2, -0.15) is 0 Å². The van der Waals surface area contributed by atoms with Gasteiger partial charge >= 0.3 is 0 Å².